The van der Waals surface area contributed by atoms with Gasteiger partial charge < -0.3 is 14.6 Å². The molecule has 0 aliphatic carbocycles. The summed E-state index contributed by atoms with van der Waals surface area (Å²) in [6, 6.07) is 20.5. The maximum absolute atomic E-state index is 10.2. The van der Waals surface area contributed by atoms with Crippen LogP contribution in [0.3, 0.4) is 0 Å². The fraction of sp³-hybridized carbons (Fsp3) is 0.100. The van der Waals surface area contributed by atoms with Gasteiger partial charge in [0.15, 0.2) is 11.5 Å². The van der Waals surface area contributed by atoms with Gasteiger partial charge in [-0.25, -0.2) is 0 Å². The van der Waals surface area contributed by atoms with Crippen molar-refractivity contribution in [2.75, 3.05) is 0 Å². The average molecular weight is 306 g/mol. The number of phenols is 1. The third-order valence-electron chi connectivity index (χ3n) is 3.58. The van der Waals surface area contributed by atoms with E-state index in [1.807, 2.05) is 62.4 Å². The molecule has 0 aliphatic heterocycles. The van der Waals surface area contributed by atoms with Crippen molar-refractivity contribution < 1.29 is 14.6 Å². The minimum Gasteiger partial charge on any atom is -0.504 e. The molecule has 3 nitrogen and oxygen atoms in total. The lowest BCUT2D eigenvalue weighted by molar-refractivity contribution is 0.379. The normalized spacial score (nSPS) is 10.3. The fourth-order valence-electron chi connectivity index (χ4n) is 2.26. The lowest BCUT2D eigenvalue weighted by atomic mass is 10.2. The maximum Gasteiger partial charge on any atom is 0.211 e. The van der Waals surface area contributed by atoms with Crippen LogP contribution in [0.15, 0.2) is 66.7 Å². The standard InChI is InChI=1S/C20H18O3/c1-14-8-3-5-11-17(14)22-19-13-7-10-16(21)20(19)23-18-12-6-4-9-15(18)2/h3-13,21H,1-2H3. The van der Waals surface area contributed by atoms with E-state index in [9.17, 15) is 5.11 Å². The molecular formula is C20H18O3. The number of rotatable bonds is 4. The fourth-order valence-corrected chi connectivity index (χ4v) is 2.26. The summed E-state index contributed by atoms with van der Waals surface area (Å²) in [6.45, 7) is 3.93. The van der Waals surface area contributed by atoms with E-state index in [1.165, 1.54) is 0 Å². The second-order valence-corrected chi connectivity index (χ2v) is 5.34. The first-order chi connectivity index (χ1) is 11.1. The van der Waals surface area contributed by atoms with Crippen LogP contribution in [-0.2, 0) is 0 Å². The minimum absolute atomic E-state index is 0.0411. The monoisotopic (exact) mass is 306 g/mol. The topological polar surface area (TPSA) is 38.7 Å². The molecule has 3 rings (SSSR count). The summed E-state index contributed by atoms with van der Waals surface area (Å²) < 4.78 is 11.9. The van der Waals surface area contributed by atoms with Crippen molar-refractivity contribution in [1.82, 2.24) is 0 Å². The number of benzene rings is 3. The molecule has 0 unspecified atom stereocenters. The third kappa shape index (κ3) is 3.29. The smallest absolute Gasteiger partial charge is 0.211 e. The van der Waals surface area contributed by atoms with Crippen LogP contribution >= 0.6 is 0 Å². The highest BCUT2D eigenvalue weighted by atomic mass is 16.5. The second kappa shape index (κ2) is 6.44. The minimum atomic E-state index is 0.0411. The summed E-state index contributed by atoms with van der Waals surface area (Å²) in [7, 11) is 0. The van der Waals surface area contributed by atoms with Crippen molar-refractivity contribution in [3.8, 4) is 28.7 Å². The molecule has 0 aliphatic rings. The van der Waals surface area contributed by atoms with Crippen LogP contribution in [0, 0.1) is 13.8 Å². The molecule has 0 amide bonds. The molecule has 0 atom stereocenters. The Hall–Kier alpha value is -2.94. The Morgan fingerprint density at radius 1 is 0.609 bits per heavy atom. The highest BCUT2D eigenvalue weighted by Crippen LogP contribution is 2.42. The SMILES string of the molecule is Cc1ccccc1Oc1cccc(O)c1Oc1ccccc1C. The maximum atomic E-state index is 10.2. The first-order valence-electron chi connectivity index (χ1n) is 7.44. The number of ether oxygens (including phenoxy) is 2. The van der Waals surface area contributed by atoms with Gasteiger partial charge in [-0.1, -0.05) is 42.5 Å². The second-order valence-electron chi connectivity index (χ2n) is 5.34. The third-order valence-corrected chi connectivity index (χ3v) is 3.58. The van der Waals surface area contributed by atoms with Gasteiger partial charge in [0.1, 0.15) is 11.5 Å². The molecule has 0 spiro atoms. The first-order valence-corrected chi connectivity index (χ1v) is 7.44. The molecule has 23 heavy (non-hydrogen) atoms. The van der Waals surface area contributed by atoms with E-state index in [0.717, 1.165) is 16.9 Å². The Morgan fingerprint density at radius 3 is 1.74 bits per heavy atom. The van der Waals surface area contributed by atoms with Crippen LogP contribution in [0.5, 0.6) is 28.7 Å². The van der Waals surface area contributed by atoms with Crippen molar-refractivity contribution in [1.29, 1.82) is 0 Å². The molecule has 0 bridgehead atoms. The number of hydrogen-bond donors (Lipinski definition) is 1. The van der Waals surface area contributed by atoms with Gasteiger partial charge in [0, 0.05) is 0 Å². The number of para-hydroxylation sites is 3. The predicted molar refractivity (Wildman–Crippen MR) is 90.6 cm³/mol. The van der Waals surface area contributed by atoms with Crippen molar-refractivity contribution in [3.63, 3.8) is 0 Å². The van der Waals surface area contributed by atoms with Gasteiger partial charge in [-0.05, 0) is 49.2 Å². The molecular weight excluding hydrogens is 288 g/mol. The van der Waals surface area contributed by atoms with E-state index >= 15 is 0 Å². The predicted octanol–water partition coefficient (Wildman–Crippen LogP) is 5.59. The van der Waals surface area contributed by atoms with Crippen LogP contribution in [0.4, 0.5) is 0 Å². The van der Waals surface area contributed by atoms with Crippen molar-refractivity contribution in [2.45, 2.75) is 13.8 Å². The lowest BCUT2D eigenvalue weighted by Crippen LogP contribution is -1.93. The summed E-state index contributed by atoms with van der Waals surface area (Å²) in [5, 5.41) is 10.2. The number of hydrogen-bond acceptors (Lipinski definition) is 3. The van der Waals surface area contributed by atoms with Gasteiger partial charge in [-0.3, -0.25) is 0 Å². The zero-order valence-corrected chi connectivity index (χ0v) is 13.1. The molecule has 116 valence electrons. The Bertz CT molecular complexity index is 825. The quantitative estimate of drug-likeness (QED) is 0.682. The number of aryl methyl sites for hydroxylation is 2. The van der Waals surface area contributed by atoms with Crippen molar-refractivity contribution in [2.24, 2.45) is 0 Å². The van der Waals surface area contributed by atoms with Gasteiger partial charge in [-0.2, -0.15) is 0 Å². The summed E-state index contributed by atoms with van der Waals surface area (Å²) in [4.78, 5) is 0. The molecule has 3 aromatic carbocycles. The van der Waals surface area contributed by atoms with Crippen LogP contribution in [0.25, 0.3) is 0 Å². The van der Waals surface area contributed by atoms with E-state index in [-0.39, 0.29) is 5.75 Å². The summed E-state index contributed by atoms with van der Waals surface area (Å²) in [5.74, 6) is 2.24. The van der Waals surface area contributed by atoms with Crippen LogP contribution in [-0.4, -0.2) is 5.11 Å². The zero-order chi connectivity index (χ0) is 16.2. The van der Waals surface area contributed by atoms with Gasteiger partial charge >= 0.3 is 0 Å². The molecule has 0 heterocycles. The molecule has 0 saturated heterocycles. The number of phenolic OH excluding ortho intramolecular Hbond substituents is 1. The van der Waals surface area contributed by atoms with Crippen LogP contribution in [0.2, 0.25) is 0 Å². The Morgan fingerprint density at radius 2 is 1.13 bits per heavy atom. The summed E-state index contributed by atoms with van der Waals surface area (Å²) in [5.41, 5.74) is 2.00. The molecule has 0 radical (unpaired) electrons. The zero-order valence-electron chi connectivity index (χ0n) is 13.1. The van der Waals surface area contributed by atoms with Gasteiger partial charge in [0.25, 0.3) is 0 Å². The molecule has 0 aromatic heterocycles. The molecule has 0 fully saturated rings. The Labute approximate surface area is 135 Å². The molecule has 3 heteroatoms. The molecule has 1 N–H and O–H groups in total. The highest BCUT2D eigenvalue weighted by molar-refractivity contribution is 5.54. The van der Waals surface area contributed by atoms with E-state index in [2.05, 4.69) is 0 Å². The largest absolute Gasteiger partial charge is 0.504 e. The average Bonchev–Trinajstić information content (AvgIpc) is 2.54. The van der Waals surface area contributed by atoms with E-state index in [0.29, 0.717) is 17.2 Å². The van der Waals surface area contributed by atoms with E-state index in [4.69, 9.17) is 9.47 Å². The van der Waals surface area contributed by atoms with E-state index in [1.54, 1.807) is 18.2 Å². The first kappa shape index (κ1) is 15.0. The highest BCUT2D eigenvalue weighted by Gasteiger charge is 2.14. The van der Waals surface area contributed by atoms with Crippen molar-refractivity contribution >= 4 is 0 Å². The van der Waals surface area contributed by atoms with Gasteiger partial charge in [0.2, 0.25) is 5.75 Å². The van der Waals surface area contributed by atoms with Crippen LogP contribution in [0.1, 0.15) is 11.1 Å². The van der Waals surface area contributed by atoms with Gasteiger partial charge in [-0.15, -0.1) is 0 Å². The number of aromatic hydroxyl groups is 1. The van der Waals surface area contributed by atoms with Crippen LogP contribution < -0.4 is 9.47 Å². The van der Waals surface area contributed by atoms with E-state index < -0.39 is 0 Å². The summed E-state index contributed by atoms with van der Waals surface area (Å²) >= 11 is 0. The van der Waals surface area contributed by atoms with Crippen molar-refractivity contribution in [3.05, 3.63) is 77.9 Å². The molecule has 3 aromatic rings. The Balaban J connectivity index is 1.97. The summed E-state index contributed by atoms with van der Waals surface area (Å²) in [6.07, 6.45) is 0. The Kier molecular flexibility index (Phi) is 4.20. The molecule has 0 saturated carbocycles. The lowest BCUT2D eigenvalue weighted by Gasteiger charge is -2.15. The van der Waals surface area contributed by atoms with Gasteiger partial charge in [0.05, 0.1) is 0 Å².